The van der Waals surface area contributed by atoms with Crippen LogP contribution in [-0.4, -0.2) is 25.0 Å². The van der Waals surface area contributed by atoms with Gasteiger partial charge in [-0.25, -0.2) is 9.67 Å². The van der Waals surface area contributed by atoms with Crippen molar-refractivity contribution in [2.75, 3.05) is 0 Å². The van der Waals surface area contributed by atoms with Crippen LogP contribution in [0.4, 0.5) is 0 Å². The molecule has 2 N–H and O–H groups in total. The highest BCUT2D eigenvalue weighted by Gasteiger charge is 2.07. The van der Waals surface area contributed by atoms with Crippen LogP contribution in [0.5, 0.6) is 0 Å². The number of nitrogens with one attached hydrogen (secondary N) is 2. The molecule has 0 saturated heterocycles. The van der Waals surface area contributed by atoms with Gasteiger partial charge in [0.05, 0.1) is 18.4 Å². The van der Waals surface area contributed by atoms with Crippen LogP contribution in [0.1, 0.15) is 16.7 Å². The first kappa shape index (κ1) is 16.2. The third-order valence-corrected chi connectivity index (χ3v) is 4.23. The number of nitrogens with zero attached hydrogens (tertiary/aromatic N) is 4. The second kappa shape index (κ2) is 7.76. The number of rotatable bonds is 7. The van der Waals surface area contributed by atoms with Gasteiger partial charge >= 0.3 is 0 Å². The molecule has 0 spiro atoms. The average Bonchev–Trinajstić information content (AvgIpc) is 3.35. The van der Waals surface area contributed by atoms with Gasteiger partial charge in [0.1, 0.15) is 12.7 Å². The summed E-state index contributed by atoms with van der Waals surface area (Å²) in [5.41, 5.74) is 5.83. The molecule has 0 unspecified atom stereocenters. The molecule has 0 bridgehead atoms. The van der Waals surface area contributed by atoms with E-state index in [0.717, 1.165) is 36.5 Å². The summed E-state index contributed by atoms with van der Waals surface area (Å²) in [6, 6.07) is 18.8. The van der Waals surface area contributed by atoms with E-state index in [4.69, 9.17) is 0 Å². The molecule has 2 aromatic heterocycles. The van der Waals surface area contributed by atoms with E-state index in [0.29, 0.717) is 0 Å². The van der Waals surface area contributed by atoms with Crippen LogP contribution in [0.3, 0.4) is 0 Å². The van der Waals surface area contributed by atoms with Crippen molar-refractivity contribution in [3.8, 4) is 11.3 Å². The largest absolute Gasteiger partial charge is 0.308 e. The number of aromatic nitrogens is 5. The molecular formula is C20H20N6. The highest BCUT2D eigenvalue weighted by atomic mass is 15.3. The molecule has 0 fully saturated rings. The van der Waals surface area contributed by atoms with Gasteiger partial charge < -0.3 is 5.32 Å². The van der Waals surface area contributed by atoms with E-state index in [-0.39, 0.29) is 0 Å². The normalized spacial score (nSPS) is 10.9. The molecule has 0 aliphatic rings. The maximum Gasteiger partial charge on any atom is 0.137 e. The van der Waals surface area contributed by atoms with E-state index in [1.807, 2.05) is 29.1 Å². The molecule has 0 radical (unpaired) electrons. The second-order valence-electron chi connectivity index (χ2n) is 6.15. The van der Waals surface area contributed by atoms with Gasteiger partial charge in [0.2, 0.25) is 0 Å². The lowest BCUT2D eigenvalue weighted by Gasteiger charge is -2.08. The van der Waals surface area contributed by atoms with Gasteiger partial charge in [-0.05, 0) is 16.7 Å². The van der Waals surface area contributed by atoms with Crippen LogP contribution in [0.25, 0.3) is 11.3 Å². The van der Waals surface area contributed by atoms with Crippen LogP contribution >= 0.6 is 0 Å². The number of benzene rings is 2. The van der Waals surface area contributed by atoms with Gasteiger partial charge in [0.25, 0.3) is 0 Å². The van der Waals surface area contributed by atoms with Gasteiger partial charge in [0.15, 0.2) is 0 Å². The van der Waals surface area contributed by atoms with Gasteiger partial charge in [-0.15, -0.1) is 0 Å². The summed E-state index contributed by atoms with van der Waals surface area (Å²) in [5.74, 6) is 0. The molecule has 6 nitrogen and oxygen atoms in total. The zero-order chi connectivity index (χ0) is 17.6. The first-order chi connectivity index (χ1) is 12.9. The minimum absolute atomic E-state index is 0.730. The zero-order valence-corrected chi connectivity index (χ0v) is 14.3. The molecular weight excluding hydrogens is 324 g/mol. The fourth-order valence-corrected chi connectivity index (χ4v) is 2.98. The summed E-state index contributed by atoms with van der Waals surface area (Å²) in [7, 11) is 0. The quantitative estimate of drug-likeness (QED) is 0.541. The molecule has 2 aromatic carbocycles. The molecule has 26 heavy (non-hydrogen) atoms. The minimum Gasteiger partial charge on any atom is -0.308 e. The average molecular weight is 344 g/mol. The number of aromatic amines is 1. The van der Waals surface area contributed by atoms with Gasteiger partial charge in [-0.1, -0.05) is 54.6 Å². The monoisotopic (exact) mass is 344 g/mol. The number of hydrogen-bond donors (Lipinski definition) is 2. The lowest BCUT2D eigenvalue weighted by Crippen LogP contribution is -2.13. The smallest absolute Gasteiger partial charge is 0.137 e. The van der Waals surface area contributed by atoms with Gasteiger partial charge in [-0.3, -0.25) is 5.10 Å². The Hall–Kier alpha value is -3.25. The van der Waals surface area contributed by atoms with Crippen molar-refractivity contribution >= 4 is 0 Å². The van der Waals surface area contributed by atoms with Crippen LogP contribution < -0.4 is 5.32 Å². The molecule has 0 aliphatic carbocycles. The number of H-pyrrole nitrogens is 1. The molecule has 130 valence electrons. The summed E-state index contributed by atoms with van der Waals surface area (Å²) in [6.45, 7) is 2.28. The lowest BCUT2D eigenvalue weighted by atomic mass is 10.1. The first-order valence-electron chi connectivity index (χ1n) is 8.57. The minimum atomic E-state index is 0.730. The van der Waals surface area contributed by atoms with E-state index < -0.39 is 0 Å². The lowest BCUT2D eigenvalue weighted by molar-refractivity contribution is 0.676. The highest BCUT2D eigenvalue weighted by Crippen LogP contribution is 2.20. The highest BCUT2D eigenvalue weighted by molar-refractivity contribution is 5.62. The molecule has 0 aliphatic heterocycles. The third kappa shape index (κ3) is 3.87. The van der Waals surface area contributed by atoms with E-state index >= 15 is 0 Å². The summed E-state index contributed by atoms with van der Waals surface area (Å²) >= 11 is 0. The fraction of sp³-hybridized carbons (Fsp3) is 0.150. The SMILES string of the molecule is c1ccc(-c2[nH]ncc2CNCc2cccc(Cn3cncn3)c2)cc1. The zero-order valence-electron chi connectivity index (χ0n) is 14.3. The van der Waals surface area contributed by atoms with Crippen LogP contribution in [0, 0.1) is 0 Å². The van der Waals surface area contributed by atoms with Crippen molar-refractivity contribution in [1.29, 1.82) is 0 Å². The van der Waals surface area contributed by atoms with Crippen molar-refractivity contribution in [1.82, 2.24) is 30.3 Å². The third-order valence-electron chi connectivity index (χ3n) is 4.23. The Kier molecular flexibility index (Phi) is 4.84. The molecule has 0 atom stereocenters. The Morgan fingerprint density at radius 2 is 1.85 bits per heavy atom. The predicted octanol–water partition coefficient (Wildman–Crippen LogP) is 3.01. The van der Waals surface area contributed by atoms with Crippen LogP contribution in [0.2, 0.25) is 0 Å². The van der Waals surface area contributed by atoms with Crippen LogP contribution in [-0.2, 0) is 19.6 Å². The van der Waals surface area contributed by atoms with Gasteiger partial charge in [-0.2, -0.15) is 10.2 Å². The Morgan fingerprint density at radius 1 is 0.962 bits per heavy atom. The summed E-state index contributed by atoms with van der Waals surface area (Å²) in [5, 5.41) is 15.0. The maximum atomic E-state index is 4.20. The molecule has 2 heterocycles. The maximum absolute atomic E-state index is 4.20. The van der Waals surface area contributed by atoms with Crippen molar-refractivity contribution in [2.45, 2.75) is 19.6 Å². The first-order valence-corrected chi connectivity index (χ1v) is 8.57. The molecule has 4 aromatic rings. The Labute approximate surface area is 151 Å². The van der Waals surface area contributed by atoms with E-state index in [1.54, 1.807) is 12.7 Å². The Bertz CT molecular complexity index is 943. The Morgan fingerprint density at radius 3 is 2.69 bits per heavy atom. The molecule has 0 saturated carbocycles. The molecule has 6 heteroatoms. The van der Waals surface area contributed by atoms with Crippen molar-refractivity contribution < 1.29 is 0 Å². The topological polar surface area (TPSA) is 71.4 Å². The predicted molar refractivity (Wildman–Crippen MR) is 100 cm³/mol. The van der Waals surface area contributed by atoms with E-state index in [1.165, 1.54) is 11.1 Å². The summed E-state index contributed by atoms with van der Waals surface area (Å²) in [4.78, 5) is 3.98. The summed E-state index contributed by atoms with van der Waals surface area (Å²) in [6.07, 6.45) is 5.17. The fourth-order valence-electron chi connectivity index (χ4n) is 2.98. The summed E-state index contributed by atoms with van der Waals surface area (Å²) < 4.78 is 1.82. The second-order valence-corrected chi connectivity index (χ2v) is 6.15. The molecule has 4 rings (SSSR count). The standard InChI is InChI=1S/C20H20N6/c1-2-7-18(8-3-1)20-19(12-23-25-20)11-21-10-16-5-4-6-17(9-16)13-26-15-22-14-24-26/h1-9,12,14-15,21H,10-11,13H2,(H,23,25). The van der Waals surface area contributed by atoms with Crippen molar-refractivity contribution in [3.05, 3.63) is 90.1 Å². The Balaban J connectivity index is 1.38. The van der Waals surface area contributed by atoms with E-state index in [9.17, 15) is 0 Å². The number of hydrogen-bond acceptors (Lipinski definition) is 4. The van der Waals surface area contributed by atoms with Crippen molar-refractivity contribution in [2.24, 2.45) is 0 Å². The molecule has 0 amide bonds. The van der Waals surface area contributed by atoms with Gasteiger partial charge in [0, 0.05) is 18.7 Å². The van der Waals surface area contributed by atoms with Crippen LogP contribution in [0.15, 0.2) is 73.4 Å². The van der Waals surface area contributed by atoms with Crippen molar-refractivity contribution in [3.63, 3.8) is 0 Å². The van der Waals surface area contributed by atoms with E-state index in [2.05, 4.69) is 62.0 Å².